The number of aromatic nitrogens is 5. The van der Waals surface area contributed by atoms with Gasteiger partial charge < -0.3 is 60.8 Å². The molecule has 2 aliphatic carbocycles. The molecule has 27 nitrogen and oxygen atoms in total. The first kappa shape index (κ1) is 71.8. The molecule has 0 radical (unpaired) electrons. The summed E-state index contributed by atoms with van der Waals surface area (Å²) in [5.41, 5.74) is 7.54. The maximum atomic E-state index is 15.5. The second-order valence-electron chi connectivity index (χ2n) is 27.8. The number of piperidine rings is 1. The van der Waals surface area contributed by atoms with Gasteiger partial charge >= 0.3 is 5.97 Å². The number of esters is 1. The number of likely N-dealkylation sites (tertiary alicyclic amines) is 1. The predicted octanol–water partition coefficient (Wildman–Crippen LogP) is 4.37. The fourth-order valence-electron chi connectivity index (χ4n) is 15.7. The highest BCUT2D eigenvalue weighted by Gasteiger charge is 2.47. The van der Waals surface area contributed by atoms with Crippen LogP contribution >= 0.6 is 0 Å². The number of benzene rings is 4. The van der Waals surface area contributed by atoms with Gasteiger partial charge in [0.1, 0.15) is 24.2 Å². The van der Waals surface area contributed by atoms with Gasteiger partial charge in [-0.1, -0.05) is 84.9 Å². The van der Waals surface area contributed by atoms with Crippen molar-refractivity contribution in [3.8, 4) is 33.9 Å². The molecular formula is C76H85FN14O13. The summed E-state index contributed by atoms with van der Waals surface area (Å²) in [5.74, 6) is -4.73. The Labute approximate surface area is 598 Å². The van der Waals surface area contributed by atoms with Crippen molar-refractivity contribution in [1.29, 1.82) is 0 Å². The predicted molar refractivity (Wildman–Crippen MR) is 378 cm³/mol. The lowest BCUT2D eigenvalue weighted by molar-refractivity contribution is -0.172. The van der Waals surface area contributed by atoms with Crippen LogP contribution in [0.4, 0.5) is 10.1 Å². The summed E-state index contributed by atoms with van der Waals surface area (Å²) in [6.07, 6.45) is 6.06. The molecule has 104 heavy (non-hydrogen) atoms. The van der Waals surface area contributed by atoms with Crippen molar-refractivity contribution in [3.63, 3.8) is 0 Å². The van der Waals surface area contributed by atoms with Gasteiger partial charge in [-0.15, -0.1) is 5.10 Å². The van der Waals surface area contributed by atoms with Crippen LogP contribution in [-0.2, 0) is 97.8 Å². The highest BCUT2D eigenvalue weighted by Crippen LogP contribution is 2.49. The molecule has 1 saturated carbocycles. The summed E-state index contributed by atoms with van der Waals surface area (Å²) in [6, 6.07) is 25.9. The summed E-state index contributed by atoms with van der Waals surface area (Å²) in [6.45, 7) is 3.50. The number of anilines is 1. The molecule has 7 aromatic rings. The molecule has 13 rings (SSSR count). The Balaban J connectivity index is 0.502. The van der Waals surface area contributed by atoms with Crippen LogP contribution in [0, 0.1) is 24.1 Å². The maximum Gasteiger partial charge on any atom is 0.343 e. The number of hydrogen-bond donors (Lipinski definition) is 8. The van der Waals surface area contributed by atoms with Gasteiger partial charge in [-0.2, -0.15) is 0 Å². The van der Waals surface area contributed by atoms with Gasteiger partial charge in [-0.05, 0) is 110 Å². The second-order valence-corrected chi connectivity index (χ2v) is 27.8. The fraction of sp³-hybridized carbons (Fsp3) is 0.434. The molecule has 2 fully saturated rings. The van der Waals surface area contributed by atoms with Crippen molar-refractivity contribution in [2.45, 2.75) is 135 Å². The number of ether oxygens (including phenoxy) is 2. The molecule has 8 amide bonds. The Hall–Kier alpha value is -10.6. The average Bonchev–Trinajstić information content (AvgIpc) is 1.50. The van der Waals surface area contributed by atoms with Crippen molar-refractivity contribution in [2.75, 3.05) is 64.1 Å². The SMILES string of the molecule is CCC1(O)C(=O)OCc2c1cc1n(c2=O)Cc2c-1nc1cc(F)c(C)c3c1c2C(NCNC(=O)CNC(=O)C(Cc1ccccc1)NC(=O)CNC(=O)CNC(=O)CCOCCC(=O)N1CCC2(CCC(C(=O)NCCC(=O)N4Cc5ccccc5-c5nnn(C)c5-c5ccccc54)CC2)CC1)CC3. The average molecular weight is 1420 g/mol. The zero-order valence-corrected chi connectivity index (χ0v) is 58.4. The number of rotatable bonds is 24. The number of carbonyl (C=O) groups excluding carboxylic acids is 9. The highest BCUT2D eigenvalue weighted by atomic mass is 19.1. The van der Waals surface area contributed by atoms with Gasteiger partial charge in [0.25, 0.3) is 5.56 Å². The van der Waals surface area contributed by atoms with Crippen LogP contribution in [0.2, 0.25) is 0 Å². The fourth-order valence-corrected chi connectivity index (χ4v) is 15.7. The molecule has 1 spiro atoms. The third-order valence-corrected chi connectivity index (χ3v) is 21.6. The molecule has 3 unspecified atom stereocenters. The van der Waals surface area contributed by atoms with Crippen molar-refractivity contribution in [3.05, 3.63) is 152 Å². The molecule has 0 bridgehead atoms. The molecule has 4 aliphatic heterocycles. The van der Waals surface area contributed by atoms with E-state index < -0.39 is 84.2 Å². The first-order valence-corrected chi connectivity index (χ1v) is 35.7. The Morgan fingerprint density at radius 2 is 1.44 bits per heavy atom. The minimum Gasteiger partial charge on any atom is -0.458 e. The van der Waals surface area contributed by atoms with E-state index >= 15 is 4.39 Å². The Kier molecular flexibility index (Phi) is 21.2. The highest BCUT2D eigenvalue weighted by molar-refractivity contribution is 6.01. The van der Waals surface area contributed by atoms with Gasteiger partial charge in [0.05, 0.1) is 92.9 Å². The van der Waals surface area contributed by atoms with E-state index in [0.717, 1.165) is 88.8 Å². The monoisotopic (exact) mass is 1420 g/mol. The zero-order chi connectivity index (χ0) is 73.0. The lowest BCUT2D eigenvalue weighted by Gasteiger charge is -2.45. The molecule has 4 aromatic carbocycles. The summed E-state index contributed by atoms with van der Waals surface area (Å²) < 4.78 is 29.6. The number of para-hydroxylation sites is 1. The smallest absolute Gasteiger partial charge is 0.343 e. The van der Waals surface area contributed by atoms with Crippen LogP contribution in [-0.4, -0.2) is 153 Å². The van der Waals surface area contributed by atoms with Crippen molar-refractivity contribution < 1.29 is 62.1 Å². The van der Waals surface area contributed by atoms with Crippen molar-refractivity contribution in [1.82, 2.24) is 66.7 Å². The number of halogens is 1. The quantitative estimate of drug-likeness (QED) is 0.0237. The third-order valence-electron chi connectivity index (χ3n) is 21.6. The van der Waals surface area contributed by atoms with Crippen LogP contribution in [0.5, 0.6) is 0 Å². The van der Waals surface area contributed by atoms with Gasteiger partial charge in [-0.3, -0.25) is 48.5 Å². The molecule has 8 N–H and O–H groups in total. The number of amides is 8. The van der Waals surface area contributed by atoms with Crippen LogP contribution in [0.3, 0.4) is 0 Å². The van der Waals surface area contributed by atoms with Crippen LogP contribution in [0.1, 0.15) is 128 Å². The molecule has 28 heteroatoms. The van der Waals surface area contributed by atoms with Crippen molar-refractivity contribution >= 4 is 69.8 Å². The van der Waals surface area contributed by atoms with E-state index in [1.165, 1.54) is 10.6 Å². The normalized spacial score (nSPS) is 17.9. The number of hydrogen-bond acceptors (Lipinski definition) is 17. The van der Waals surface area contributed by atoms with E-state index in [9.17, 15) is 53.1 Å². The standard InChI is InChI=1S/C76H85FN14O13/c1-4-76(102)53-35-59-68-51(41-91(59)73(100)52(53)42-104-74(76)101)67-55(19-18-48-44(2)54(77)36-56(85-68)66(48)67)82-43-83-62(94)38-81-72(99)57(34-45-12-6-5-7-13-45)84-63(95)39-80-61(93)37-79-60(92)23-32-103-33-24-64(96)89-30-27-75(28-31-89)25-20-46(21-26-75)71(98)78-29-22-65(97)90-40-47-14-8-9-15-49(47)69-70(88(3)87-86-69)50-16-10-11-17-58(50)90/h5-17,35-36,46,55,57,82,102H,4,18-34,37-43H2,1-3H3,(H,78,98)(H,79,92)(H,80,93)(H,81,99)(H,83,94)(H,84,95). The van der Waals surface area contributed by atoms with Crippen LogP contribution in [0.15, 0.2) is 95.8 Å². The zero-order valence-electron chi connectivity index (χ0n) is 58.4. The maximum absolute atomic E-state index is 15.5. The minimum absolute atomic E-state index is 0.00430. The number of nitrogens with zero attached hydrogens (tertiary/aromatic N) is 7. The largest absolute Gasteiger partial charge is 0.458 e. The summed E-state index contributed by atoms with van der Waals surface area (Å²) in [7, 11) is 1.84. The van der Waals surface area contributed by atoms with Gasteiger partial charge in [0.15, 0.2) is 5.60 Å². The molecule has 6 aliphatic rings. The van der Waals surface area contributed by atoms with E-state index in [4.69, 9.17) is 14.5 Å². The Morgan fingerprint density at radius 3 is 2.22 bits per heavy atom. The van der Waals surface area contributed by atoms with Gasteiger partial charge in [0.2, 0.25) is 47.3 Å². The summed E-state index contributed by atoms with van der Waals surface area (Å²) in [5, 5.41) is 40.4. The molecule has 7 heterocycles. The Morgan fingerprint density at radius 1 is 0.740 bits per heavy atom. The van der Waals surface area contributed by atoms with E-state index in [1.54, 1.807) is 59.8 Å². The number of cyclic esters (lactones) is 1. The lowest BCUT2D eigenvalue weighted by atomic mass is 9.65. The number of nitrogens with one attached hydrogen (secondary N) is 7. The number of carbonyl (C=O) groups is 9. The second kappa shape index (κ2) is 30.8. The van der Waals surface area contributed by atoms with E-state index in [2.05, 4.69) is 47.5 Å². The number of fused-ring (bicyclic) bond motifs is 10. The molecular weight excluding hydrogens is 1340 g/mol. The molecule has 1 saturated heterocycles. The summed E-state index contributed by atoms with van der Waals surface area (Å²) >= 11 is 0. The lowest BCUT2D eigenvalue weighted by Crippen LogP contribution is -2.52. The number of pyridine rings is 2. The molecule has 544 valence electrons. The van der Waals surface area contributed by atoms with Crippen LogP contribution in [0.25, 0.3) is 44.8 Å². The Bertz CT molecular complexity index is 4620. The van der Waals surface area contributed by atoms with E-state index in [1.807, 2.05) is 60.5 Å². The topological polar surface area (TPSA) is 349 Å². The number of aryl methyl sites for hydroxylation is 2. The van der Waals surface area contributed by atoms with E-state index in [0.29, 0.717) is 66.1 Å². The third kappa shape index (κ3) is 14.8. The van der Waals surface area contributed by atoms with Gasteiger partial charge in [-0.25, -0.2) is 18.9 Å². The first-order valence-electron chi connectivity index (χ1n) is 35.7. The van der Waals surface area contributed by atoms with E-state index in [-0.39, 0.29) is 112 Å². The van der Waals surface area contributed by atoms with Crippen LogP contribution < -0.4 is 47.7 Å². The summed E-state index contributed by atoms with van der Waals surface area (Å²) in [4.78, 5) is 142. The first-order chi connectivity index (χ1) is 50.2. The minimum atomic E-state index is -2.04. The number of aliphatic hydroxyl groups is 1. The molecule has 3 atom stereocenters. The van der Waals surface area contributed by atoms with Gasteiger partial charge in [0, 0.05) is 91.6 Å². The van der Waals surface area contributed by atoms with Crippen molar-refractivity contribution in [2.24, 2.45) is 18.4 Å². The molecule has 3 aromatic heterocycles.